The van der Waals surface area contributed by atoms with Crippen LogP contribution < -0.4 is 5.73 Å². The fourth-order valence-electron chi connectivity index (χ4n) is 3.78. The van der Waals surface area contributed by atoms with E-state index in [0.717, 1.165) is 64.4 Å². The first-order valence-corrected chi connectivity index (χ1v) is 9.42. The van der Waals surface area contributed by atoms with Crippen LogP contribution in [0.15, 0.2) is 0 Å². The molecule has 2 aliphatic rings. The predicted octanol–water partition coefficient (Wildman–Crippen LogP) is 1.71. The van der Waals surface area contributed by atoms with Gasteiger partial charge in [-0.25, -0.2) is 0 Å². The largest absolute Gasteiger partial charge is 0.381 e. The average Bonchev–Trinajstić information content (AvgIpc) is 2.60. The molecular formula is C18H35N3O2. The molecule has 2 saturated heterocycles. The number of rotatable bonds is 7. The molecule has 5 nitrogen and oxygen atoms in total. The Balaban J connectivity index is 1.71. The van der Waals surface area contributed by atoms with Gasteiger partial charge in [0, 0.05) is 32.8 Å². The molecule has 0 aliphatic carbocycles. The summed E-state index contributed by atoms with van der Waals surface area (Å²) in [6.45, 7) is 7.83. The molecule has 0 aromatic heterocycles. The van der Waals surface area contributed by atoms with Crippen LogP contribution in [-0.2, 0) is 9.53 Å². The number of carbonyl (C=O) groups excluding carboxylic acids is 1. The number of hydrogen-bond acceptors (Lipinski definition) is 4. The van der Waals surface area contributed by atoms with Gasteiger partial charge in [0.25, 0.3) is 0 Å². The number of piperidine rings is 1. The fraction of sp³-hybridized carbons (Fsp3) is 0.944. The molecule has 0 spiro atoms. The number of nitrogens with two attached hydrogens (primary N) is 1. The third kappa shape index (κ3) is 5.73. The van der Waals surface area contributed by atoms with Crippen molar-refractivity contribution in [2.75, 3.05) is 46.4 Å². The Hall–Kier alpha value is -0.650. The summed E-state index contributed by atoms with van der Waals surface area (Å²) in [5, 5.41) is 0. The summed E-state index contributed by atoms with van der Waals surface area (Å²) in [6.07, 6.45) is 6.60. The average molecular weight is 325 g/mol. The van der Waals surface area contributed by atoms with Gasteiger partial charge in [0.15, 0.2) is 0 Å². The summed E-state index contributed by atoms with van der Waals surface area (Å²) in [4.78, 5) is 17.1. The zero-order valence-corrected chi connectivity index (χ0v) is 15.0. The second kappa shape index (κ2) is 9.60. The minimum absolute atomic E-state index is 0.162. The monoisotopic (exact) mass is 325 g/mol. The van der Waals surface area contributed by atoms with Crippen molar-refractivity contribution in [1.29, 1.82) is 0 Å². The number of carbonyl (C=O) groups is 1. The molecule has 134 valence electrons. The van der Waals surface area contributed by atoms with E-state index < -0.39 is 0 Å². The molecule has 1 unspecified atom stereocenters. The van der Waals surface area contributed by atoms with Crippen LogP contribution in [0.5, 0.6) is 0 Å². The summed E-state index contributed by atoms with van der Waals surface area (Å²) in [5.41, 5.74) is 6.24. The second-order valence-corrected chi connectivity index (χ2v) is 7.36. The summed E-state index contributed by atoms with van der Waals surface area (Å²) in [6, 6.07) is -0.331. The number of ether oxygens (including phenoxy) is 1. The SMILES string of the molecule is CCCCN(C)CC1CCN(C(=O)C(N)C2CCOCC2)CC1. The first kappa shape index (κ1) is 18.7. The first-order valence-electron chi connectivity index (χ1n) is 9.42. The number of unbranched alkanes of at least 4 members (excludes halogenated alkanes) is 1. The minimum Gasteiger partial charge on any atom is -0.381 e. The Morgan fingerprint density at radius 3 is 2.52 bits per heavy atom. The maximum atomic E-state index is 12.6. The Labute approximate surface area is 141 Å². The highest BCUT2D eigenvalue weighted by Gasteiger charge is 2.32. The van der Waals surface area contributed by atoms with Crippen molar-refractivity contribution in [3.05, 3.63) is 0 Å². The highest BCUT2D eigenvalue weighted by Crippen LogP contribution is 2.22. The zero-order chi connectivity index (χ0) is 16.7. The van der Waals surface area contributed by atoms with Crippen molar-refractivity contribution in [2.24, 2.45) is 17.6 Å². The van der Waals surface area contributed by atoms with Crippen LogP contribution in [0.3, 0.4) is 0 Å². The van der Waals surface area contributed by atoms with Crippen molar-refractivity contribution in [1.82, 2.24) is 9.80 Å². The van der Waals surface area contributed by atoms with Gasteiger partial charge in [0.2, 0.25) is 5.91 Å². The molecule has 2 N–H and O–H groups in total. The molecule has 0 saturated carbocycles. The number of likely N-dealkylation sites (tertiary alicyclic amines) is 1. The summed E-state index contributed by atoms with van der Waals surface area (Å²) < 4.78 is 5.37. The molecule has 1 amide bonds. The van der Waals surface area contributed by atoms with E-state index in [-0.39, 0.29) is 11.9 Å². The normalized spacial score (nSPS) is 22.5. The van der Waals surface area contributed by atoms with Gasteiger partial charge in [0.1, 0.15) is 0 Å². The van der Waals surface area contributed by atoms with Crippen molar-refractivity contribution in [2.45, 2.75) is 51.5 Å². The van der Waals surface area contributed by atoms with Crippen molar-refractivity contribution < 1.29 is 9.53 Å². The maximum absolute atomic E-state index is 12.6. The van der Waals surface area contributed by atoms with Crippen molar-refractivity contribution in [3.8, 4) is 0 Å². The molecular weight excluding hydrogens is 290 g/mol. The molecule has 23 heavy (non-hydrogen) atoms. The van der Waals surface area contributed by atoms with E-state index in [1.807, 2.05) is 4.90 Å². The van der Waals surface area contributed by atoms with Crippen LogP contribution in [0.2, 0.25) is 0 Å². The Morgan fingerprint density at radius 2 is 1.91 bits per heavy atom. The highest BCUT2D eigenvalue weighted by molar-refractivity contribution is 5.82. The third-order valence-electron chi connectivity index (χ3n) is 5.45. The lowest BCUT2D eigenvalue weighted by Gasteiger charge is -2.37. The van der Waals surface area contributed by atoms with Gasteiger partial charge in [0.05, 0.1) is 6.04 Å². The van der Waals surface area contributed by atoms with Gasteiger partial charge < -0.3 is 20.3 Å². The molecule has 0 aromatic rings. The van der Waals surface area contributed by atoms with Crippen molar-refractivity contribution >= 4 is 5.91 Å². The van der Waals surface area contributed by atoms with E-state index in [9.17, 15) is 4.79 Å². The summed E-state index contributed by atoms with van der Waals surface area (Å²) in [7, 11) is 2.22. The molecule has 2 aliphatic heterocycles. The standard InChI is InChI=1S/C18H35N3O2/c1-3-4-9-20(2)14-15-5-10-21(11-6-15)18(22)17(19)16-7-12-23-13-8-16/h15-17H,3-14,19H2,1-2H3. The van der Waals surface area contributed by atoms with Gasteiger partial charge in [-0.15, -0.1) is 0 Å². The number of nitrogens with zero attached hydrogens (tertiary/aromatic N) is 2. The van der Waals surface area contributed by atoms with Crippen LogP contribution in [0.25, 0.3) is 0 Å². The number of amides is 1. The van der Waals surface area contributed by atoms with Crippen LogP contribution in [-0.4, -0.2) is 68.2 Å². The van der Waals surface area contributed by atoms with Crippen molar-refractivity contribution in [3.63, 3.8) is 0 Å². The molecule has 2 rings (SSSR count). The Morgan fingerprint density at radius 1 is 1.26 bits per heavy atom. The molecule has 0 radical (unpaired) electrons. The van der Waals surface area contributed by atoms with E-state index in [2.05, 4.69) is 18.9 Å². The first-order chi connectivity index (χ1) is 11.1. The molecule has 2 heterocycles. The van der Waals surface area contributed by atoms with Gasteiger partial charge in [-0.3, -0.25) is 4.79 Å². The highest BCUT2D eigenvalue weighted by atomic mass is 16.5. The van der Waals surface area contributed by atoms with E-state index in [0.29, 0.717) is 5.92 Å². The van der Waals surface area contributed by atoms with E-state index >= 15 is 0 Å². The predicted molar refractivity (Wildman–Crippen MR) is 93.2 cm³/mol. The quantitative estimate of drug-likeness (QED) is 0.774. The van der Waals surface area contributed by atoms with Gasteiger partial charge in [-0.2, -0.15) is 0 Å². The van der Waals surface area contributed by atoms with E-state index in [1.54, 1.807) is 0 Å². The maximum Gasteiger partial charge on any atom is 0.239 e. The third-order valence-corrected chi connectivity index (χ3v) is 5.45. The molecule has 2 fully saturated rings. The lowest BCUT2D eigenvalue weighted by Crippen LogP contribution is -2.51. The lowest BCUT2D eigenvalue weighted by atomic mass is 9.90. The minimum atomic E-state index is -0.331. The second-order valence-electron chi connectivity index (χ2n) is 7.36. The Kier molecular flexibility index (Phi) is 7.80. The van der Waals surface area contributed by atoms with Crippen LogP contribution in [0, 0.1) is 11.8 Å². The molecule has 0 bridgehead atoms. The Bertz CT molecular complexity index is 350. The van der Waals surface area contributed by atoms with Gasteiger partial charge >= 0.3 is 0 Å². The van der Waals surface area contributed by atoms with E-state index in [4.69, 9.17) is 10.5 Å². The van der Waals surface area contributed by atoms with Crippen LogP contribution >= 0.6 is 0 Å². The summed E-state index contributed by atoms with van der Waals surface area (Å²) >= 11 is 0. The van der Waals surface area contributed by atoms with Gasteiger partial charge in [-0.1, -0.05) is 13.3 Å². The van der Waals surface area contributed by atoms with Gasteiger partial charge in [-0.05, 0) is 57.5 Å². The molecule has 1 atom stereocenters. The topological polar surface area (TPSA) is 58.8 Å². The number of hydrogen-bond donors (Lipinski definition) is 1. The smallest absolute Gasteiger partial charge is 0.239 e. The molecule has 5 heteroatoms. The van der Waals surface area contributed by atoms with E-state index in [1.165, 1.54) is 19.4 Å². The zero-order valence-electron chi connectivity index (χ0n) is 15.0. The van der Waals surface area contributed by atoms with Crippen LogP contribution in [0.1, 0.15) is 45.4 Å². The lowest BCUT2D eigenvalue weighted by molar-refractivity contribution is -0.136. The molecule has 0 aromatic carbocycles. The fourth-order valence-corrected chi connectivity index (χ4v) is 3.78. The van der Waals surface area contributed by atoms with Crippen LogP contribution in [0.4, 0.5) is 0 Å². The summed E-state index contributed by atoms with van der Waals surface area (Å²) in [5.74, 6) is 1.18.